The molecule has 0 atom stereocenters. The molecule has 13 heteroatoms. The molecular weight excluding hydrogens is 797 g/mol. The first-order chi connectivity index (χ1) is 29.7. The van der Waals surface area contributed by atoms with E-state index in [0.29, 0.717) is 11.5 Å². The molecule has 0 aliphatic heterocycles. The lowest BCUT2D eigenvalue weighted by atomic mass is 9.76. The zero-order chi connectivity index (χ0) is 45.7. The number of aryl methyl sites for hydroxylation is 1. The molecule has 0 aromatic heterocycles. The lowest BCUT2D eigenvalue weighted by Gasteiger charge is -2.32. The molecule has 0 radical (unpaired) electrons. The minimum atomic E-state index is -1.66. The maximum absolute atomic E-state index is 12.8. The van der Waals surface area contributed by atoms with Crippen molar-refractivity contribution in [2.75, 3.05) is 53.9 Å². The Hall–Kier alpha value is -5.14. The number of rotatable bonds is 28. The number of ether oxygens (including phenoxy) is 7. The number of esters is 4. The highest BCUT2D eigenvalue weighted by molar-refractivity contribution is 6.34. The van der Waals surface area contributed by atoms with Crippen molar-refractivity contribution >= 4 is 35.4 Å². The van der Waals surface area contributed by atoms with E-state index in [9.17, 15) is 28.8 Å². The third kappa shape index (κ3) is 16.3. The number of benzene rings is 2. The lowest BCUT2D eigenvalue weighted by molar-refractivity contribution is -0.169. The number of carbonyl (C=O) groups excluding carboxylic acids is 6. The van der Waals surface area contributed by atoms with Crippen LogP contribution in [-0.4, -0.2) is 89.3 Å². The summed E-state index contributed by atoms with van der Waals surface area (Å²) >= 11 is 0. The van der Waals surface area contributed by atoms with Gasteiger partial charge >= 0.3 is 23.9 Å². The molecule has 0 saturated heterocycles. The van der Waals surface area contributed by atoms with Gasteiger partial charge in [0.25, 0.3) is 0 Å². The van der Waals surface area contributed by atoms with Gasteiger partial charge in [0, 0.05) is 43.8 Å². The molecule has 62 heavy (non-hydrogen) atoms. The van der Waals surface area contributed by atoms with Gasteiger partial charge in [0.1, 0.15) is 44.2 Å². The van der Waals surface area contributed by atoms with E-state index >= 15 is 0 Å². The van der Waals surface area contributed by atoms with Crippen molar-refractivity contribution < 1.29 is 61.9 Å². The van der Waals surface area contributed by atoms with Crippen LogP contribution in [0.3, 0.4) is 0 Å². The molecule has 0 spiro atoms. The van der Waals surface area contributed by atoms with Crippen molar-refractivity contribution in [2.24, 2.45) is 11.3 Å². The molecule has 0 amide bonds. The Morgan fingerprint density at radius 2 is 1.23 bits per heavy atom. The molecule has 1 aliphatic carbocycles. The van der Waals surface area contributed by atoms with Crippen molar-refractivity contribution in [1.82, 2.24) is 0 Å². The van der Waals surface area contributed by atoms with E-state index in [1.54, 1.807) is 6.07 Å². The first-order valence-electron chi connectivity index (χ1n) is 21.6. The zero-order valence-corrected chi connectivity index (χ0v) is 37.6. The van der Waals surface area contributed by atoms with E-state index in [0.717, 1.165) is 23.5 Å². The molecule has 0 bridgehead atoms. The Labute approximate surface area is 366 Å². The van der Waals surface area contributed by atoms with Crippen LogP contribution >= 0.6 is 0 Å². The van der Waals surface area contributed by atoms with Crippen molar-refractivity contribution in [1.29, 1.82) is 0 Å². The SMILES string of the molecule is C=C(C)C(=O)OCc1cc(-c2ccc(C3CCC(CCCCC)CC3)cc2CC)ccc1OCC(COC(=O)C(=C)C)(COC(=O)C(=O)CCOC)COC(=O)C(=O)CCOC. The molecule has 340 valence electrons. The van der Waals surface area contributed by atoms with Crippen LogP contribution in [0.4, 0.5) is 0 Å². The van der Waals surface area contributed by atoms with E-state index in [1.165, 1.54) is 90.6 Å². The van der Waals surface area contributed by atoms with Crippen LogP contribution < -0.4 is 4.74 Å². The molecule has 1 saturated carbocycles. The van der Waals surface area contributed by atoms with Gasteiger partial charge in [-0.15, -0.1) is 0 Å². The average molecular weight is 863 g/mol. The zero-order valence-electron chi connectivity index (χ0n) is 37.6. The summed E-state index contributed by atoms with van der Waals surface area (Å²) in [7, 11) is 2.75. The van der Waals surface area contributed by atoms with Crippen LogP contribution in [0.15, 0.2) is 60.7 Å². The minimum absolute atomic E-state index is 0.0294. The van der Waals surface area contributed by atoms with Gasteiger partial charge < -0.3 is 33.2 Å². The predicted octanol–water partition coefficient (Wildman–Crippen LogP) is 8.17. The fourth-order valence-corrected chi connectivity index (χ4v) is 7.19. The summed E-state index contributed by atoms with van der Waals surface area (Å²) in [4.78, 5) is 75.9. The second-order valence-corrected chi connectivity index (χ2v) is 16.3. The number of ketones is 2. The third-order valence-electron chi connectivity index (χ3n) is 11.1. The Morgan fingerprint density at radius 1 is 0.661 bits per heavy atom. The van der Waals surface area contributed by atoms with Gasteiger partial charge in [-0.1, -0.05) is 77.0 Å². The number of unbranched alkanes of at least 4 members (excludes halogenated alkanes) is 2. The molecule has 1 aliphatic rings. The first-order valence-corrected chi connectivity index (χ1v) is 21.6. The van der Waals surface area contributed by atoms with Gasteiger partial charge in [-0.05, 0) is 92.2 Å². The largest absolute Gasteiger partial charge is 0.492 e. The smallest absolute Gasteiger partial charge is 0.374 e. The second-order valence-electron chi connectivity index (χ2n) is 16.3. The Morgan fingerprint density at radius 3 is 1.76 bits per heavy atom. The molecule has 0 unspecified atom stereocenters. The van der Waals surface area contributed by atoms with Crippen molar-refractivity contribution in [2.45, 2.75) is 111 Å². The fraction of sp³-hybridized carbons (Fsp3) is 0.551. The van der Waals surface area contributed by atoms with Crippen molar-refractivity contribution in [3.05, 3.63) is 77.4 Å². The van der Waals surface area contributed by atoms with Gasteiger partial charge in [-0.25, -0.2) is 19.2 Å². The third-order valence-corrected chi connectivity index (χ3v) is 11.1. The number of hydrogen-bond acceptors (Lipinski definition) is 13. The summed E-state index contributed by atoms with van der Waals surface area (Å²) in [5, 5.41) is 0. The van der Waals surface area contributed by atoms with Crippen LogP contribution in [0.2, 0.25) is 0 Å². The highest BCUT2D eigenvalue weighted by Crippen LogP contribution is 2.40. The van der Waals surface area contributed by atoms with Crippen LogP contribution in [-0.2, 0) is 70.2 Å². The summed E-state index contributed by atoms with van der Waals surface area (Å²) < 4.78 is 38.1. The van der Waals surface area contributed by atoms with Crippen molar-refractivity contribution in [3.63, 3.8) is 0 Å². The van der Waals surface area contributed by atoms with E-state index in [-0.39, 0.29) is 49.6 Å². The number of hydrogen-bond donors (Lipinski definition) is 0. The normalized spacial score (nSPS) is 14.9. The van der Waals surface area contributed by atoms with Crippen LogP contribution in [0.1, 0.15) is 115 Å². The number of Topliss-reactive ketones (excluding diaryl/α,β-unsaturated/α-hetero) is 2. The van der Waals surface area contributed by atoms with Crippen LogP contribution in [0, 0.1) is 11.3 Å². The van der Waals surface area contributed by atoms with Crippen molar-refractivity contribution in [3.8, 4) is 16.9 Å². The summed E-state index contributed by atoms with van der Waals surface area (Å²) in [6.45, 7) is 12.1. The standard InChI is InChI=1S/C49H66O13/c1-9-11-12-13-35-14-16-37(17-15-35)38-18-20-41(36(10-2)26-38)39-19-21-44(40(27-39)28-58-45(52)33(3)4)59-29-49(30-60-46(53)34(5)6,31-61-47(54)42(50)22-24-56-7)32-62-48(55)43(51)23-25-57-8/h18-21,26-27,35,37H,3,5,9-17,22-25,28-32H2,1-2,4,6-8H3. The molecule has 0 heterocycles. The summed E-state index contributed by atoms with van der Waals surface area (Å²) in [5.41, 5.74) is 3.45. The lowest BCUT2D eigenvalue weighted by Crippen LogP contribution is -2.45. The van der Waals surface area contributed by atoms with Gasteiger partial charge in [-0.3, -0.25) is 9.59 Å². The average Bonchev–Trinajstić information content (AvgIpc) is 3.28. The summed E-state index contributed by atoms with van der Waals surface area (Å²) in [6.07, 6.45) is 10.3. The summed E-state index contributed by atoms with van der Waals surface area (Å²) in [5.74, 6) is -4.01. The molecular formula is C49H66O13. The Kier molecular flexibility index (Phi) is 21.8. The molecule has 2 aromatic carbocycles. The molecule has 3 rings (SSSR count). The number of methoxy groups -OCH3 is 2. The Balaban J connectivity index is 2.01. The predicted molar refractivity (Wildman–Crippen MR) is 233 cm³/mol. The van der Waals surface area contributed by atoms with Crippen LogP contribution in [0.25, 0.3) is 11.1 Å². The van der Waals surface area contributed by atoms with Gasteiger partial charge in [0.05, 0.1) is 13.2 Å². The van der Waals surface area contributed by atoms with E-state index < -0.39 is 67.3 Å². The highest BCUT2D eigenvalue weighted by Gasteiger charge is 2.39. The topological polar surface area (TPSA) is 167 Å². The second kappa shape index (κ2) is 26.4. The van der Waals surface area contributed by atoms with Gasteiger partial charge in [0.15, 0.2) is 0 Å². The maximum Gasteiger partial charge on any atom is 0.374 e. The summed E-state index contributed by atoms with van der Waals surface area (Å²) in [6, 6.07) is 12.1. The maximum atomic E-state index is 12.8. The highest BCUT2D eigenvalue weighted by atomic mass is 16.6. The first kappa shape index (κ1) is 51.2. The van der Waals surface area contributed by atoms with Crippen LogP contribution in [0.5, 0.6) is 5.75 Å². The molecule has 0 N–H and O–H groups in total. The van der Waals surface area contributed by atoms with E-state index in [1.807, 2.05) is 12.1 Å². The molecule has 2 aromatic rings. The molecule has 1 fully saturated rings. The van der Waals surface area contributed by atoms with Gasteiger partial charge in [0.2, 0.25) is 11.6 Å². The minimum Gasteiger partial charge on any atom is -0.492 e. The fourth-order valence-electron chi connectivity index (χ4n) is 7.19. The number of carbonyl (C=O) groups is 6. The van der Waals surface area contributed by atoms with E-state index in [4.69, 9.17) is 33.2 Å². The Bertz CT molecular complexity index is 1830. The quantitative estimate of drug-likeness (QED) is 0.0265. The van der Waals surface area contributed by atoms with Gasteiger partial charge in [-0.2, -0.15) is 0 Å². The monoisotopic (exact) mass is 862 g/mol. The van der Waals surface area contributed by atoms with E-state index in [2.05, 4.69) is 45.2 Å². The molecule has 13 nitrogen and oxygen atoms in total.